The summed E-state index contributed by atoms with van der Waals surface area (Å²) in [5, 5.41) is 9.52. The van der Waals surface area contributed by atoms with Crippen LogP contribution in [0.5, 0.6) is 11.5 Å². The maximum atomic E-state index is 11.6. The van der Waals surface area contributed by atoms with Crippen molar-refractivity contribution in [2.45, 2.75) is 33.5 Å². The molecule has 0 unspecified atom stereocenters. The number of carboxylic acids is 1. The molecule has 0 aliphatic heterocycles. The molecule has 3 aromatic rings. The Kier molecular flexibility index (Phi) is 5.94. The molecule has 0 bridgehead atoms. The van der Waals surface area contributed by atoms with Gasteiger partial charge in [-0.2, -0.15) is 0 Å². The molecular formula is C23H23NO4. The summed E-state index contributed by atoms with van der Waals surface area (Å²) in [6.07, 6.45) is 0.0172. The number of aromatic nitrogens is 1. The molecule has 0 aliphatic carbocycles. The van der Waals surface area contributed by atoms with Gasteiger partial charge in [-0.05, 0) is 62.7 Å². The Hall–Kier alpha value is -3.34. The zero-order chi connectivity index (χ0) is 20.1. The van der Waals surface area contributed by atoms with Crippen LogP contribution in [0.1, 0.15) is 35.5 Å². The van der Waals surface area contributed by atoms with E-state index in [1.807, 2.05) is 69.3 Å². The number of para-hydroxylation sites is 1. The summed E-state index contributed by atoms with van der Waals surface area (Å²) in [4.78, 5) is 16.2. The summed E-state index contributed by atoms with van der Waals surface area (Å²) in [6.45, 7) is 5.95. The largest absolute Gasteiger partial charge is 0.490 e. The molecule has 0 amide bonds. The third-order valence-corrected chi connectivity index (χ3v) is 4.10. The number of rotatable bonds is 7. The number of carboxylic acid groups (broad SMARTS) is 1. The molecule has 0 atom stereocenters. The van der Waals surface area contributed by atoms with Crippen LogP contribution in [-0.4, -0.2) is 22.2 Å². The van der Waals surface area contributed by atoms with Crippen molar-refractivity contribution in [3.05, 3.63) is 77.5 Å². The van der Waals surface area contributed by atoms with Crippen molar-refractivity contribution in [2.75, 3.05) is 0 Å². The molecule has 144 valence electrons. The molecule has 3 rings (SSSR count). The minimum Gasteiger partial charge on any atom is -0.490 e. The molecule has 2 aromatic carbocycles. The Bertz CT molecular complexity index is 982. The maximum Gasteiger partial charge on any atom is 0.337 e. The topological polar surface area (TPSA) is 68.7 Å². The fourth-order valence-corrected chi connectivity index (χ4v) is 2.85. The van der Waals surface area contributed by atoms with E-state index in [1.54, 1.807) is 12.1 Å². The SMILES string of the molecule is Cc1cccc(OCc2nc(-c3ccccc3OC(C)C)ccc2C(=O)O)c1. The van der Waals surface area contributed by atoms with Crippen LogP contribution in [0.4, 0.5) is 0 Å². The van der Waals surface area contributed by atoms with Crippen LogP contribution >= 0.6 is 0 Å². The number of pyridine rings is 1. The number of aromatic carboxylic acids is 1. The van der Waals surface area contributed by atoms with Gasteiger partial charge >= 0.3 is 5.97 Å². The van der Waals surface area contributed by atoms with Crippen LogP contribution in [0.2, 0.25) is 0 Å². The van der Waals surface area contributed by atoms with Crippen LogP contribution < -0.4 is 9.47 Å². The molecule has 0 aliphatic rings. The fourth-order valence-electron chi connectivity index (χ4n) is 2.85. The van der Waals surface area contributed by atoms with Gasteiger partial charge in [-0.1, -0.05) is 24.3 Å². The molecule has 0 radical (unpaired) electrons. The molecule has 5 heteroatoms. The Morgan fingerprint density at radius 1 is 1.07 bits per heavy atom. The van der Waals surface area contributed by atoms with Gasteiger partial charge in [-0.25, -0.2) is 9.78 Å². The molecule has 1 N–H and O–H groups in total. The van der Waals surface area contributed by atoms with Gasteiger partial charge in [0.25, 0.3) is 0 Å². The van der Waals surface area contributed by atoms with E-state index in [1.165, 1.54) is 0 Å². The van der Waals surface area contributed by atoms with E-state index in [2.05, 4.69) is 4.98 Å². The van der Waals surface area contributed by atoms with E-state index in [-0.39, 0.29) is 18.3 Å². The van der Waals surface area contributed by atoms with Crippen LogP contribution in [0.15, 0.2) is 60.7 Å². The summed E-state index contributed by atoms with van der Waals surface area (Å²) >= 11 is 0. The van der Waals surface area contributed by atoms with Crippen LogP contribution in [0, 0.1) is 6.92 Å². The predicted octanol–water partition coefficient (Wildman–Crippen LogP) is 5.12. The van der Waals surface area contributed by atoms with Gasteiger partial charge in [0.05, 0.1) is 23.1 Å². The molecule has 28 heavy (non-hydrogen) atoms. The minimum absolute atomic E-state index is 0.0172. The summed E-state index contributed by atoms with van der Waals surface area (Å²) in [7, 11) is 0. The molecule has 1 heterocycles. The van der Waals surface area contributed by atoms with Crippen molar-refractivity contribution < 1.29 is 19.4 Å². The summed E-state index contributed by atoms with van der Waals surface area (Å²) in [5.74, 6) is 0.347. The van der Waals surface area contributed by atoms with Gasteiger partial charge in [0.1, 0.15) is 18.1 Å². The third kappa shape index (κ3) is 4.68. The first-order valence-corrected chi connectivity index (χ1v) is 9.13. The number of hydrogen-bond acceptors (Lipinski definition) is 4. The lowest BCUT2D eigenvalue weighted by Gasteiger charge is -2.15. The summed E-state index contributed by atoms with van der Waals surface area (Å²) < 4.78 is 11.7. The number of aryl methyl sites for hydroxylation is 1. The lowest BCUT2D eigenvalue weighted by molar-refractivity contribution is 0.0693. The van der Waals surface area contributed by atoms with Gasteiger partial charge < -0.3 is 14.6 Å². The average Bonchev–Trinajstić information content (AvgIpc) is 2.66. The normalized spacial score (nSPS) is 10.7. The molecular weight excluding hydrogens is 354 g/mol. The Labute approximate surface area is 164 Å². The van der Waals surface area contributed by atoms with Crippen molar-refractivity contribution in [3.63, 3.8) is 0 Å². The highest BCUT2D eigenvalue weighted by atomic mass is 16.5. The lowest BCUT2D eigenvalue weighted by atomic mass is 10.1. The van der Waals surface area contributed by atoms with Gasteiger partial charge in [-0.15, -0.1) is 0 Å². The molecule has 0 spiro atoms. The summed E-state index contributed by atoms with van der Waals surface area (Å²) in [6, 6.07) is 18.4. The van der Waals surface area contributed by atoms with Crippen molar-refractivity contribution in [1.82, 2.24) is 4.98 Å². The zero-order valence-corrected chi connectivity index (χ0v) is 16.2. The lowest BCUT2D eigenvalue weighted by Crippen LogP contribution is -2.10. The van der Waals surface area contributed by atoms with E-state index in [0.29, 0.717) is 22.9 Å². The highest BCUT2D eigenvalue weighted by Crippen LogP contribution is 2.30. The number of benzene rings is 2. The van der Waals surface area contributed by atoms with E-state index in [4.69, 9.17) is 9.47 Å². The number of carbonyl (C=O) groups is 1. The van der Waals surface area contributed by atoms with E-state index < -0.39 is 5.97 Å². The quantitative estimate of drug-likeness (QED) is 0.619. The first-order chi connectivity index (χ1) is 13.4. The zero-order valence-electron chi connectivity index (χ0n) is 16.2. The first kappa shape index (κ1) is 19.4. The van der Waals surface area contributed by atoms with Gasteiger partial charge in [0.15, 0.2) is 0 Å². The highest BCUT2D eigenvalue weighted by Gasteiger charge is 2.16. The average molecular weight is 377 g/mol. The second-order valence-electron chi connectivity index (χ2n) is 6.76. The highest BCUT2D eigenvalue weighted by molar-refractivity contribution is 5.89. The monoisotopic (exact) mass is 377 g/mol. The second kappa shape index (κ2) is 8.57. The fraction of sp³-hybridized carbons (Fsp3) is 0.217. The van der Waals surface area contributed by atoms with Gasteiger partial charge in [0.2, 0.25) is 0 Å². The first-order valence-electron chi connectivity index (χ1n) is 9.13. The molecule has 0 saturated carbocycles. The standard InChI is InChI=1S/C23H23NO4/c1-15(2)28-22-10-5-4-9-18(22)20-12-11-19(23(25)26)21(24-20)14-27-17-8-6-7-16(3)13-17/h4-13,15H,14H2,1-3H3,(H,25,26). The van der Waals surface area contributed by atoms with Crippen LogP contribution in [0.3, 0.4) is 0 Å². The van der Waals surface area contributed by atoms with Gasteiger partial charge in [0, 0.05) is 5.56 Å². The predicted molar refractivity (Wildman–Crippen MR) is 108 cm³/mol. The second-order valence-corrected chi connectivity index (χ2v) is 6.76. The number of hydrogen-bond donors (Lipinski definition) is 1. The van der Waals surface area contributed by atoms with Crippen molar-refractivity contribution >= 4 is 5.97 Å². The molecule has 1 aromatic heterocycles. The van der Waals surface area contributed by atoms with Crippen molar-refractivity contribution in [1.29, 1.82) is 0 Å². The molecule has 0 saturated heterocycles. The Morgan fingerprint density at radius 3 is 2.57 bits per heavy atom. The van der Waals surface area contributed by atoms with Crippen LogP contribution in [0.25, 0.3) is 11.3 Å². The van der Waals surface area contributed by atoms with E-state index in [0.717, 1.165) is 11.1 Å². The number of nitrogens with zero attached hydrogens (tertiary/aromatic N) is 1. The summed E-state index contributed by atoms with van der Waals surface area (Å²) in [5.41, 5.74) is 3.01. The third-order valence-electron chi connectivity index (χ3n) is 4.10. The van der Waals surface area contributed by atoms with Crippen molar-refractivity contribution in [3.8, 4) is 22.8 Å². The smallest absolute Gasteiger partial charge is 0.337 e. The minimum atomic E-state index is -1.03. The maximum absolute atomic E-state index is 11.6. The molecule has 5 nitrogen and oxygen atoms in total. The van der Waals surface area contributed by atoms with Crippen LogP contribution in [-0.2, 0) is 6.61 Å². The van der Waals surface area contributed by atoms with E-state index >= 15 is 0 Å². The van der Waals surface area contributed by atoms with Gasteiger partial charge in [-0.3, -0.25) is 0 Å². The van der Waals surface area contributed by atoms with E-state index in [9.17, 15) is 9.90 Å². The number of ether oxygens (including phenoxy) is 2. The molecule has 0 fully saturated rings. The Balaban J connectivity index is 1.95. The Morgan fingerprint density at radius 2 is 1.86 bits per heavy atom. The van der Waals surface area contributed by atoms with Crippen molar-refractivity contribution in [2.24, 2.45) is 0 Å².